The molecule has 1 saturated heterocycles. The smallest absolute Gasteiger partial charge is 0.302 e. The number of hydrogen-bond donors (Lipinski definition) is 0. The minimum atomic E-state index is -0.201. The highest BCUT2D eigenvalue weighted by molar-refractivity contribution is 5.65. The lowest BCUT2D eigenvalue weighted by Crippen LogP contribution is -2.37. The molecule has 5 heteroatoms. The van der Waals surface area contributed by atoms with Crippen molar-refractivity contribution in [2.24, 2.45) is 0 Å². The topological polar surface area (TPSA) is 42.4 Å². The SMILES string of the molecule is CC(=O)OCC[N+](C)(C)C.CN1CCCC1c1cccnc1. The third kappa shape index (κ3) is 7.52. The van der Waals surface area contributed by atoms with Crippen LogP contribution in [0.1, 0.15) is 31.4 Å². The first-order chi connectivity index (χ1) is 10.3. The van der Waals surface area contributed by atoms with Gasteiger partial charge < -0.3 is 9.22 Å². The summed E-state index contributed by atoms with van der Waals surface area (Å²) >= 11 is 0. The van der Waals surface area contributed by atoms with Crippen molar-refractivity contribution in [1.82, 2.24) is 9.88 Å². The van der Waals surface area contributed by atoms with E-state index >= 15 is 0 Å². The minimum Gasteiger partial charge on any atom is -0.460 e. The Labute approximate surface area is 134 Å². The number of esters is 1. The fraction of sp³-hybridized carbons (Fsp3) is 0.647. The van der Waals surface area contributed by atoms with Gasteiger partial charge in [0.2, 0.25) is 0 Å². The first-order valence-corrected chi connectivity index (χ1v) is 7.83. The lowest BCUT2D eigenvalue weighted by Gasteiger charge is -2.23. The van der Waals surface area contributed by atoms with Gasteiger partial charge in [-0.3, -0.25) is 14.7 Å². The van der Waals surface area contributed by atoms with Crippen LogP contribution in [0.4, 0.5) is 0 Å². The molecule has 2 rings (SSSR count). The molecule has 0 saturated carbocycles. The van der Waals surface area contributed by atoms with Crippen molar-refractivity contribution in [1.29, 1.82) is 0 Å². The zero-order valence-corrected chi connectivity index (χ0v) is 14.6. The molecule has 22 heavy (non-hydrogen) atoms. The van der Waals surface area contributed by atoms with Gasteiger partial charge in [-0.1, -0.05) is 6.07 Å². The first-order valence-electron chi connectivity index (χ1n) is 7.83. The number of aromatic nitrogens is 1. The molecule has 0 radical (unpaired) electrons. The molecular weight excluding hydrogens is 278 g/mol. The molecule has 1 unspecified atom stereocenters. The molecule has 1 atom stereocenters. The second-order valence-corrected chi connectivity index (χ2v) is 6.78. The Morgan fingerprint density at radius 2 is 2.18 bits per heavy atom. The van der Waals surface area contributed by atoms with E-state index in [2.05, 4.69) is 44.1 Å². The Hall–Kier alpha value is -1.46. The van der Waals surface area contributed by atoms with Crippen LogP contribution in [0.3, 0.4) is 0 Å². The van der Waals surface area contributed by atoms with Crippen LogP contribution in [0.25, 0.3) is 0 Å². The lowest BCUT2D eigenvalue weighted by atomic mass is 10.1. The molecule has 0 N–H and O–H groups in total. The maximum absolute atomic E-state index is 10.3. The van der Waals surface area contributed by atoms with E-state index in [1.807, 2.05) is 18.5 Å². The summed E-state index contributed by atoms with van der Waals surface area (Å²) in [6.45, 7) is 4.02. The zero-order valence-electron chi connectivity index (χ0n) is 14.6. The number of likely N-dealkylation sites (tertiary alicyclic amines) is 1. The van der Waals surface area contributed by atoms with E-state index in [0.29, 0.717) is 12.6 Å². The third-order valence-electron chi connectivity index (χ3n) is 3.66. The van der Waals surface area contributed by atoms with Crippen molar-refractivity contribution < 1.29 is 14.0 Å². The van der Waals surface area contributed by atoms with Gasteiger partial charge in [0.1, 0.15) is 13.2 Å². The highest BCUT2D eigenvalue weighted by atomic mass is 16.5. The number of nitrogens with zero attached hydrogens (tertiary/aromatic N) is 3. The van der Waals surface area contributed by atoms with Gasteiger partial charge >= 0.3 is 5.97 Å². The van der Waals surface area contributed by atoms with Crippen LogP contribution in [0.2, 0.25) is 0 Å². The maximum atomic E-state index is 10.3. The van der Waals surface area contributed by atoms with Gasteiger partial charge in [0.15, 0.2) is 0 Å². The molecular formula is C17H30N3O2+. The summed E-state index contributed by atoms with van der Waals surface area (Å²) in [6, 6.07) is 4.79. The highest BCUT2D eigenvalue weighted by Gasteiger charge is 2.21. The number of likely N-dealkylation sites (N-methyl/N-ethyl adjacent to an activating group) is 1. The van der Waals surface area contributed by atoms with Crippen molar-refractivity contribution in [2.75, 3.05) is 47.9 Å². The van der Waals surface area contributed by atoms with E-state index in [1.54, 1.807) is 0 Å². The third-order valence-corrected chi connectivity index (χ3v) is 3.66. The predicted octanol–water partition coefficient (Wildman–Crippen LogP) is 2.10. The number of hydrogen-bond acceptors (Lipinski definition) is 4. The van der Waals surface area contributed by atoms with Crippen LogP contribution >= 0.6 is 0 Å². The molecule has 1 aliphatic heterocycles. The molecule has 0 amide bonds. The molecule has 0 aliphatic carbocycles. The lowest BCUT2D eigenvalue weighted by molar-refractivity contribution is -0.870. The van der Waals surface area contributed by atoms with Crippen molar-refractivity contribution in [3.05, 3.63) is 30.1 Å². The van der Waals surface area contributed by atoms with Crippen molar-refractivity contribution in [2.45, 2.75) is 25.8 Å². The molecule has 1 aliphatic rings. The summed E-state index contributed by atoms with van der Waals surface area (Å²) in [5.74, 6) is -0.201. The van der Waals surface area contributed by atoms with Gasteiger partial charge in [0.25, 0.3) is 0 Å². The van der Waals surface area contributed by atoms with Crippen LogP contribution in [-0.4, -0.2) is 68.2 Å². The van der Waals surface area contributed by atoms with Crippen LogP contribution < -0.4 is 0 Å². The number of carbonyl (C=O) groups excluding carboxylic acids is 1. The summed E-state index contributed by atoms with van der Waals surface area (Å²) in [5.41, 5.74) is 1.36. The second-order valence-electron chi connectivity index (χ2n) is 6.78. The molecule has 5 nitrogen and oxygen atoms in total. The number of pyridine rings is 1. The molecule has 0 aromatic carbocycles. The standard InChI is InChI=1S/C10H14N2.C7H16NO2/c1-12-7-3-5-10(12)9-4-2-6-11-8-9;1-7(9)10-6-5-8(2,3)4/h2,4,6,8,10H,3,5,7H2,1H3;5-6H2,1-4H3/q;+1. The summed E-state index contributed by atoms with van der Waals surface area (Å²) in [7, 11) is 8.36. The fourth-order valence-corrected chi connectivity index (χ4v) is 2.37. The van der Waals surface area contributed by atoms with Crippen molar-refractivity contribution >= 4 is 5.97 Å². The van der Waals surface area contributed by atoms with Crippen LogP contribution in [0, 0.1) is 0 Å². The summed E-state index contributed by atoms with van der Waals surface area (Å²) in [4.78, 5) is 16.8. The Morgan fingerprint density at radius 3 is 2.64 bits per heavy atom. The second kappa shape index (κ2) is 8.86. The largest absolute Gasteiger partial charge is 0.460 e. The number of rotatable bonds is 4. The van der Waals surface area contributed by atoms with Gasteiger partial charge in [-0.05, 0) is 38.1 Å². The number of ether oxygens (including phenoxy) is 1. The van der Waals surface area contributed by atoms with Gasteiger partial charge in [0, 0.05) is 25.4 Å². The van der Waals surface area contributed by atoms with Gasteiger partial charge in [-0.25, -0.2) is 0 Å². The average molecular weight is 308 g/mol. The maximum Gasteiger partial charge on any atom is 0.302 e. The Kier molecular flexibility index (Phi) is 7.48. The average Bonchev–Trinajstić information content (AvgIpc) is 2.85. The molecule has 1 aromatic heterocycles. The molecule has 1 fully saturated rings. The van der Waals surface area contributed by atoms with Crippen LogP contribution in [0.5, 0.6) is 0 Å². The molecule has 2 heterocycles. The van der Waals surface area contributed by atoms with E-state index in [-0.39, 0.29) is 5.97 Å². The molecule has 1 aromatic rings. The summed E-state index contributed by atoms with van der Waals surface area (Å²) in [6.07, 6.45) is 6.41. The zero-order chi connectivity index (χ0) is 16.6. The summed E-state index contributed by atoms with van der Waals surface area (Å²) in [5, 5.41) is 0. The van der Waals surface area contributed by atoms with E-state index in [0.717, 1.165) is 11.0 Å². The van der Waals surface area contributed by atoms with E-state index in [4.69, 9.17) is 4.74 Å². The quantitative estimate of drug-likeness (QED) is 0.631. The van der Waals surface area contributed by atoms with Gasteiger partial charge in [-0.15, -0.1) is 0 Å². The number of carbonyl (C=O) groups is 1. The van der Waals surface area contributed by atoms with Crippen molar-refractivity contribution in [3.8, 4) is 0 Å². The van der Waals surface area contributed by atoms with E-state index in [1.165, 1.54) is 31.9 Å². The minimum absolute atomic E-state index is 0.201. The first kappa shape index (κ1) is 18.6. The Morgan fingerprint density at radius 1 is 1.45 bits per heavy atom. The Bertz CT molecular complexity index is 443. The molecule has 124 valence electrons. The molecule has 0 spiro atoms. The van der Waals surface area contributed by atoms with Crippen molar-refractivity contribution in [3.63, 3.8) is 0 Å². The van der Waals surface area contributed by atoms with E-state index < -0.39 is 0 Å². The van der Waals surface area contributed by atoms with E-state index in [9.17, 15) is 4.79 Å². The fourth-order valence-electron chi connectivity index (χ4n) is 2.37. The summed E-state index contributed by atoms with van der Waals surface area (Å²) < 4.78 is 5.59. The molecule has 0 bridgehead atoms. The highest BCUT2D eigenvalue weighted by Crippen LogP contribution is 2.29. The van der Waals surface area contributed by atoms with Crippen LogP contribution in [0.15, 0.2) is 24.5 Å². The Balaban J connectivity index is 0.000000225. The predicted molar refractivity (Wildman–Crippen MR) is 88.4 cm³/mol. The number of quaternary nitrogens is 1. The normalized spacial score (nSPS) is 18.5. The van der Waals surface area contributed by atoms with Gasteiger partial charge in [-0.2, -0.15) is 0 Å². The van der Waals surface area contributed by atoms with Crippen LogP contribution in [-0.2, 0) is 9.53 Å². The van der Waals surface area contributed by atoms with Gasteiger partial charge in [0.05, 0.1) is 21.1 Å². The monoisotopic (exact) mass is 308 g/mol.